The van der Waals surface area contributed by atoms with Gasteiger partial charge in [0, 0.05) is 13.0 Å². The van der Waals surface area contributed by atoms with Crippen LogP contribution in [0, 0.1) is 0 Å². The lowest BCUT2D eigenvalue weighted by molar-refractivity contribution is -0.301. The average molecular weight is 797 g/mol. The monoisotopic (exact) mass is 797 g/mol. The highest BCUT2D eigenvalue weighted by Gasteiger charge is 2.48. The van der Waals surface area contributed by atoms with E-state index in [0.717, 1.165) is 38.5 Å². The molecule has 1 saturated heterocycles. The number of rotatable bonds is 38. The van der Waals surface area contributed by atoms with E-state index in [-0.39, 0.29) is 19.6 Å². The number of carbonyl (C=O) groups is 1. The molecule has 6 unspecified atom stereocenters. The molecule has 54 heavy (non-hydrogen) atoms. The van der Waals surface area contributed by atoms with Crippen LogP contribution in [0.2, 0.25) is 0 Å². The fraction of sp³-hybridized carbons (Fsp3) is 0.976. The van der Waals surface area contributed by atoms with Gasteiger partial charge in [-0.2, -0.15) is 8.42 Å². The number of hydrogen-bond donors (Lipinski definition) is 4. The van der Waals surface area contributed by atoms with Crippen molar-refractivity contribution in [3.8, 4) is 0 Å². The second-order valence-electron chi connectivity index (χ2n) is 15.3. The molecular weight excluding hydrogens is 717 g/mol. The quantitative estimate of drug-likeness (QED) is 0.0266. The maximum absolute atomic E-state index is 12.7. The summed E-state index contributed by atoms with van der Waals surface area (Å²) in [7, 11) is -5.05. The smallest absolute Gasteiger partial charge is 0.397 e. The summed E-state index contributed by atoms with van der Waals surface area (Å²) in [4.78, 5) is 12.7. The van der Waals surface area contributed by atoms with Crippen LogP contribution in [-0.4, -0.2) is 97.5 Å². The van der Waals surface area contributed by atoms with E-state index in [2.05, 4.69) is 18.0 Å². The van der Waals surface area contributed by atoms with Gasteiger partial charge in [-0.25, -0.2) is 4.18 Å². The van der Waals surface area contributed by atoms with E-state index in [1.807, 2.05) is 0 Å². The summed E-state index contributed by atoms with van der Waals surface area (Å²) in [6.45, 7) is 3.99. The molecule has 1 aliphatic rings. The van der Waals surface area contributed by atoms with Crippen LogP contribution in [0.4, 0.5) is 0 Å². The van der Waals surface area contributed by atoms with E-state index in [4.69, 9.17) is 23.5 Å². The maximum atomic E-state index is 12.7. The van der Waals surface area contributed by atoms with E-state index >= 15 is 0 Å². The minimum atomic E-state index is -5.05. The molecule has 0 aromatic carbocycles. The number of ether oxygens (including phenoxy) is 4. The Morgan fingerprint density at radius 1 is 0.630 bits per heavy atom. The lowest BCUT2D eigenvalue weighted by atomic mass is 9.99. The summed E-state index contributed by atoms with van der Waals surface area (Å²) in [5, 5.41) is 30.6. The molecule has 12 nitrogen and oxygen atoms in total. The molecule has 0 aromatic heterocycles. The van der Waals surface area contributed by atoms with Crippen LogP contribution in [0.25, 0.3) is 0 Å². The number of carbonyl (C=O) groups excluding carboxylic acids is 1. The Morgan fingerprint density at radius 3 is 1.48 bits per heavy atom. The largest absolute Gasteiger partial charge is 0.457 e. The molecular formula is C41H80O12S. The zero-order valence-electron chi connectivity index (χ0n) is 34.1. The molecule has 0 saturated carbocycles. The highest BCUT2D eigenvalue weighted by molar-refractivity contribution is 7.80. The van der Waals surface area contributed by atoms with Crippen molar-refractivity contribution in [2.75, 3.05) is 26.4 Å². The summed E-state index contributed by atoms with van der Waals surface area (Å²) in [5.74, 6) is -0.398. The Morgan fingerprint density at radius 2 is 1.06 bits per heavy atom. The number of hydrogen-bond acceptors (Lipinski definition) is 11. The summed E-state index contributed by atoms with van der Waals surface area (Å²) < 4.78 is 58.9. The SMILES string of the molecule is CCCCCCCCCCCCCCCCCCCCOCC(COC1OC(CO)C(O)C(OS(=O)(=O)O)C1O)OC(=O)CCCCCCCCCCC. The molecule has 0 amide bonds. The van der Waals surface area contributed by atoms with Crippen molar-refractivity contribution in [1.29, 1.82) is 0 Å². The van der Waals surface area contributed by atoms with E-state index in [9.17, 15) is 28.5 Å². The van der Waals surface area contributed by atoms with Crippen LogP contribution in [0.1, 0.15) is 194 Å². The normalized spacial score (nSPS) is 21.0. The van der Waals surface area contributed by atoms with Crippen LogP contribution < -0.4 is 0 Å². The standard InChI is InChI=1S/C41H80O12S/c1-3-5-7-9-11-13-14-15-16-17-18-19-20-21-23-25-27-29-31-49-33-35(51-37(43)30-28-26-24-22-12-10-8-6-4-2)34-50-41-39(45)40(53-54(46,47)48)38(44)36(32-42)52-41/h35-36,38-42,44-45H,3-34H2,1-2H3,(H,46,47,48). The lowest BCUT2D eigenvalue weighted by Crippen LogP contribution is -2.60. The van der Waals surface area contributed by atoms with Gasteiger partial charge in [0.1, 0.15) is 30.5 Å². The molecule has 13 heteroatoms. The van der Waals surface area contributed by atoms with Crippen molar-refractivity contribution in [2.45, 2.75) is 230 Å². The minimum absolute atomic E-state index is 0.0439. The fourth-order valence-corrected chi connectivity index (χ4v) is 7.42. The number of aliphatic hydroxyl groups excluding tert-OH is 3. The predicted molar refractivity (Wildman–Crippen MR) is 211 cm³/mol. The summed E-state index contributed by atoms with van der Waals surface area (Å²) in [6.07, 6.45) is 24.4. The van der Waals surface area contributed by atoms with E-state index in [0.29, 0.717) is 13.0 Å². The molecule has 1 rings (SSSR count). The summed E-state index contributed by atoms with van der Waals surface area (Å²) in [5.41, 5.74) is 0. The van der Waals surface area contributed by atoms with E-state index in [1.54, 1.807) is 0 Å². The Bertz CT molecular complexity index is 968. The van der Waals surface area contributed by atoms with Crippen molar-refractivity contribution < 1.29 is 56.2 Å². The first kappa shape index (κ1) is 51.1. The number of aliphatic hydroxyl groups is 3. The minimum Gasteiger partial charge on any atom is -0.457 e. The van der Waals surface area contributed by atoms with Crippen molar-refractivity contribution >= 4 is 16.4 Å². The third kappa shape index (κ3) is 27.7. The molecule has 4 N–H and O–H groups in total. The summed E-state index contributed by atoms with van der Waals surface area (Å²) in [6, 6.07) is 0. The Hall–Kier alpha value is -0.900. The van der Waals surface area contributed by atoms with Gasteiger partial charge in [-0.3, -0.25) is 9.35 Å². The van der Waals surface area contributed by atoms with Gasteiger partial charge < -0.3 is 34.3 Å². The zero-order valence-corrected chi connectivity index (χ0v) is 34.9. The van der Waals surface area contributed by atoms with Crippen LogP contribution in [-0.2, 0) is 38.3 Å². The van der Waals surface area contributed by atoms with Gasteiger partial charge in [0.2, 0.25) is 0 Å². The molecule has 0 bridgehead atoms. The number of unbranched alkanes of at least 4 members (excludes halogenated alkanes) is 25. The van der Waals surface area contributed by atoms with Crippen molar-refractivity contribution in [3.63, 3.8) is 0 Å². The first-order valence-corrected chi connectivity index (χ1v) is 23.2. The Balaban J connectivity index is 2.38. The van der Waals surface area contributed by atoms with Gasteiger partial charge in [-0.1, -0.05) is 174 Å². The van der Waals surface area contributed by atoms with Crippen molar-refractivity contribution in [3.05, 3.63) is 0 Å². The van der Waals surface area contributed by atoms with Gasteiger partial charge in [0.05, 0.1) is 19.8 Å². The van der Waals surface area contributed by atoms with Crippen LogP contribution in [0.3, 0.4) is 0 Å². The van der Waals surface area contributed by atoms with Crippen LogP contribution in [0.15, 0.2) is 0 Å². The van der Waals surface area contributed by atoms with E-state index < -0.39 is 59.8 Å². The van der Waals surface area contributed by atoms with Gasteiger partial charge in [0.25, 0.3) is 0 Å². The predicted octanol–water partition coefficient (Wildman–Crippen LogP) is 8.52. The lowest BCUT2D eigenvalue weighted by Gasteiger charge is -2.41. The first-order valence-electron chi connectivity index (χ1n) is 21.8. The topological polar surface area (TPSA) is 178 Å². The molecule has 6 atom stereocenters. The molecule has 0 radical (unpaired) electrons. The molecule has 1 aliphatic heterocycles. The fourth-order valence-electron chi connectivity index (χ4n) is 6.91. The highest BCUT2D eigenvalue weighted by Crippen LogP contribution is 2.26. The maximum Gasteiger partial charge on any atom is 0.397 e. The second-order valence-corrected chi connectivity index (χ2v) is 16.4. The molecule has 1 heterocycles. The number of esters is 1. The average Bonchev–Trinajstić information content (AvgIpc) is 3.14. The second kappa shape index (κ2) is 34.2. The van der Waals surface area contributed by atoms with Gasteiger partial charge >= 0.3 is 16.4 Å². The Kier molecular flexibility index (Phi) is 32.3. The van der Waals surface area contributed by atoms with Gasteiger partial charge in [-0.15, -0.1) is 0 Å². The third-order valence-electron chi connectivity index (χ3n) is 10.2. The third-order valence-corrected chi connectivity index (χ3v) is 10.7. The first-order chi connectivity index (χ1) is 26.1. The molecule has 0 aromatic rings. The van der Waals surface area contributed by atoms with Gasteiger partial charge in [0.15, 0.2) is 6.29 Å². The molecule has 0 spiro atoms. The molecule has 322 valence electrons. The van der Waals surface area contributed by atoms with Gasteiger partial charge in [-0.05, 0) is 12.8 Å². The van der Waals surface area contributed by atoms with Crippen molar-refractivity contribution in [2.24, 2.45) is 0 Å². The van der Waals surface area contributed by atoms with Crippen LogP contribution in [0.5, 0.6) is 0 Å². The zero-order chi connectivity index (χ0) is 39.7. The molecule has 0 aliphatic carbocycles. The Labute approximate surface area is 328 Å². The highest BCUT2D eigenvalue weighted by atomic mass is 32.3. The summed E-state index contributed by atoms with van der Waals surface area (Å²) >= 11 is 0. The van der Waals surface area contributed by atoms with E-state index in [1.165, 1.54) is 128 Å². The molecule has 1 fully saturated rings. The van der Waals surface area contributed by atoms with Crippen LogP contribution >= 0.6 is 0 Å². The van der Waals surface area contributed by atoms with Crippen molar-refractivity contribution in [1.82, 2.24) is 0 Å².